The molecule has 1 aromatic heterocycles. The van der Waals surface area contributed by atoms with Gasteiger partial charge in [0.05, 0.1) is 0 Å². The van der Waals surface area contributed by atoms with Crippen LogP contribution in [-0.2, 0) is 16.6 Å². The topological polar surface area (TPSA) is 83.5 Å². The summed E-state index contributed by atoms with van der Waals surface area (Å²) in [5.74, 6) is -1.83. The zero-order valence-corrected chi connectivity index (χ0v) is 12.6. The van der Waals surface area contributed by atoms with E-state index < -0.39 is 21.8 Å². The minimum Gasteiger partial charge on any atom is -0.477 e. The summed E-state index contributed by atoms with van der Waals surface area (Å²) in [5, 5.41) is 10.5. The van der Waals surface area contributed by atoms with E-state index in [1.165, 1.54) is 30.5 Å². The van der Waals surface area contributed by atoms with Crippen molar-refractivity contribution in [3.05, 3.63) is 51.5 Å². The number of carboxylic acid groups (broad SMARTS) is 1. The quantitative estimate of drug-likeness (QED) is 0.882. The van der Waals surface area contributed by atoms with Gasteiger partial charge in [-0.15, -0.1) is 11.3 Å². The molecule has 8 heteroatoms. The second-order valence-electron chi connectivity index (χ2n) is 4.30. The number of sulfonamides is 1. The maximum absolute atomic E-state index is 13.5. The second-order valence-corrected chi connectivity index (χ2v) is 6.88. The van der Waals surface area contributed by atoms with Gasteiger partial charge in [0, 0.05) is 12.1 Å². The van der Waals surface area contributed by atoms with E-state index in [0.29, 0.717) is 5.56 Å². The van der Waals surface area contributed by atoms with Crippen molar-refractivity contribution in [2.75, 3.05) is 0 Å². The molecule has 0 saturated carbocycles. The van der Waals surface area contributed by atoms with Crippen LogP contribution in [0.15, 0.2) is 34.5 Å². The molecular formula is C13H12FNO4S2. The van der Waals surface area contributed by atoms with E-state index in [1.807, 2.05) is 0 Å². The third-order valence-corrected chi connectivity index (χ3v) is 5.59. The number of hydrogen-bond donors (Lipinski definition) is 2. The molecule has 0 atom stereocenters. The number of carbonyl (C=O) groups is 1. The van der Waals surface area contributed by atoms with Crippen molar-refractivity contribution < 1.29 is 22.7 Å². The Labute approximate surface area is 125 Å². The lowest BCUT2D eigenvalue weighted by Crippen LogP contribution is -2.25. The van der Waals surface area contributed by atoms with Crippen molar-refractivity contribution in [3.8, 4) is 0 Å². The molecule has 0 unspecified atom stereocenters. The van der Waals surface area contributed by atoms with Gasteiger partial charge in [-0.1, -0.05) is 18.2 Å². The van der Waals surface area contributed by atoms with E-state index in [0.717, 1.165) is 11.3 Å². The Balaban J connectivity index is 2.30. The lowest BCUT2D eigenvalue weighted by Gasteiger charge is -2.08. The van der Waals surface area contributed by atoms with Gasteiger partial charge in [-0.05, 0) is 23.9 Å². The van der Waals surface area contributed by atoms with Crippen LogP contribution >= 0.6 is 11.3 Å². The van der Waals surface area contributed by atoms with E-state index in [1.54, 1.807) is 6.07 Å². The first kappa shape index (κ1) is 15.6. The molecule has 2 rings (SSSR count). The highest BCUT2D eigenvalue weighted by atomic mass is 32.2. The summed E-state index contributed by atoms with van der Waals surface area (Å²) < 4.78 is 40.2. The number of aryl methyl sites for hydroxylation is 1. The fourth-order valence-electron chi connectivity index (χ4n) is 1.80. The molecule has 1 heterocycles. The van der Waals surface area contributed by atoms with Crippen LogP contribution in [0.2, 0.25) is 0 Å². The number of halogens is 1. The SMILES string of the molecule is Cc1csc(C(=O)O)c1S(=O)(=O)NCc1ccccc1F. The number of rotatable bonds is 5. The average molecular weight is 329 g/mol. The third kappa shape index (κ3) is 3.29. The summed E-state index contributed by atoms with van der Waals surface area (Å²) in [6.07, 6.45) is 0. The predicted octanol–water partition coefficient (Wildman–Crippen LogP) is 2.37. The smallest absolute Gasteiger partial charge is 0.347 e. The number of nitrogens with one attached hydrogen (secondary N) is 1. The Kier molecular flexibility index (Phi) is 4.40. The number of aromatic carboxylic acids is 1. The normalized spacial score (nSPS) is 11.5. The fraction of sp³-hybridized carbons (Fsp3) is 0.154. The van der Waals surface area contributed by atoms with Crippen molar-refractivity contribution >= 4 is 27.3 Å². The maximum atomic E-state index is 13.5. The Morgan fingerprint density at radius 2 is 2.05 bits per heavy atom. The van der Waals surface area contributed by atoms with E-state index in [9.17, 15) is 17.6 Å². The molecule has 0 amide bonds. The van der Waals surface area contributed by atoms with Crippen molar-refractivity contribution in [2.24, 2.45) is 0 Å². The van der Waals surface area contributed by atoms with Gasteiger partial charge in [-0.3, -0.25) is 0 Å². The van der Waals surface area contributed by atoms with Gasteiger partial charge in [-0.2, -0.15) is 0 Å². The molecule has 0 fully saturated rings. The van der Waals surface area contributed by atoms with Gasteiger partial charge in [0.25, 0.3) is 0 Å². The second kappa shape index (κ2) is 5.92. The first-order valence-corrected chi connectivity index (χ1v) is 8.23. The highest BCUT2D eigenvalue weighted by Gasteiger charge is 2.26. The van der Waals surface area contributed by atoms with Crippen LogP contribution in [0.3, 0.4) is 0 Å². The fourth-order valence-corrected chi connectivity index (χ4v) is 4.44. The largest absolute Gasteiger partial charge is 0.477 e. The van der Waals surface area contributed by atoms with Crippen molar-refractivity contribution in [2.45, 2.75) is 18.4 Å². The van der Waals surface area contributed by atoms with Crippen LogP contribution in [0.1, 0.15) is 20.8 Å². The van der Waals surface area contributed by atoms with E-state index in [4.69, 9.17) is 5.11 Å². The molecule has 2 aromatic rings. The highest BCUT2D eigenvalue weighted by molar-refractivity contribution is 7.89. The van der Waals surface area contributed by atoms with Crippen LogP contribution in [0.5, 0.6) is 0 Å². The summed E-state index contributed by atoms with van der Waals surface area (Å²) in [7, 11) is -4.03. The molecule has 0 saturated heterocycles. The average Bonchev–Trinajstić information content (AvgIpc) is 2.81. The summed E-state index contributed by atoms with van der Waals surface area (Å²) in [6, 6.07) is 5.77. The van der Waals surface area contributed by atoms with Crippen molar-refractivity contribution in [1.29, 1.82) is 0 Å². The molecule has 0 aliphatic carbocycles. The Morgan fingerprint density at radius 3 is 2.67 bits per heavy atom. The number of hydrogen-bond acceptors (Lipinski definition) is 4. The molecule has 5 nitrogen and oxygen atoms in total. The Morgan fingerprint density at radius 1 is 1.38 bits per heavy atom. The molecule has 0 aliphatic rings. The maximum Gasteiger partial charge on any atom is 0.347 e. The van der Waals surface area contributed by atoms with Crippen LogP contribution in [0, 0.1) is 12.7 Å². The van der Waals surface area contributed by atoms with Crippen LogP contribution in [0.4, 0.5) is 4.39 Å². The van der Waals surface area contributed by atoms with Crippen LogP contribution in [0.25, 0.3) is 0 Å². The molecule has 2 N–H and O–H groups in total. The third-order valence-electron chi connectivity index (χ3n) is 2.79. The molecular weight excluding hydrogens is 317 g/mol. The van der Waals surface area contributed by atoms with E-state index in [-0.39, 0.29) is 21.9 Å². The number of carboxylic acids is 1. The van der Waals surface area contributed by atoms with Gasteiger partial charge in [0.15, 0.2) is 0 Å². The molecule has 0 bridgehead atoms. The molecule has 0 radical (unpaired) electrons. The number of benzene rings is 1. The first-order chi connectivity index (χ1) is 9.83. The summed E-state index contributed by atoms with van der Waals surface area (Å²) in [6.45, 7) is 1.27. The van der Waals surface area contributed by atoms with Gasteiger partial charge < -0.3 is 5.11 Å². The minimum absolute atomic E-state index is 0.186. The minimum atomic E-state index is -4.03. The van der Waals surface area contributed by atoms with Gasteiger partial charge >= 0.3 is 5.97 Å². The predicted molar refractivity (Wildman–Crippen MR) is 76.4 cm³/mol. The standard InChI is InChI=1S/C13H12FNO4S2/c1-8-7-20-11(13(16)17)12(8)21(18,19)15-6-9-4-2-3-5-10(9)14/h2-5,7,15H,6H2,1H3,(H,16,17). The van der Waals surface area contributed by atoms with Gasteiger partial charge in [0.2, 0.25) is 10.0 Å². The molecule has 21 heavy (non-hydrogen) atoms. The van der Waals surface area contributed by atoms with Crippen molar-refractivity contribution in [3.63, 3.8) is 0 Å². The van der Waals surface area contributed by atoms with Crippen LogP contribution in [-0.4, -0.2) is 19.5 Å². The molecule has 0 aliphatic heterocycles. The first-order valence-electron chi connectivity index (χ1n) is 5.87. The number of thiophene rings is 1. The Bertz CT molecular complexity index is 783. The molecule has 0 spiro atoms. The van der Waals surface area contributed by atoms with E-state index >= 15 is 0 Å². The van der Waals surface area contributed by atoms with Crippen LogP contribution < -0.4 is 4.72 Å². The van der Waals surface area contributed by atoms with Gasteiger partial charge in [0.1, 0.15) is 15.6 Å². The van der Waals surface area contributed by atoms with Gasteiger partial charge in [-0.25, -0.2) is 22.3 Å². The lowest BCUT2D eigenvalue weighted by molar-refractivity contribution is 0.0698. The summed E-state index contributed by atoms with van der Waals surface area (Å²) in [4.78, 5) is 10.5. The van der Waals surface area contributed by atoms with Crippen molar-refractivity contribution in [1.82, 2.24) is 4.72 Å². The summed E-state index contributed by atoms with van der Waals surface area (Å²) >= 11 is 0.843. The lowest BCUT2D eigenvalue weighted by atomic mass is 10.2. The van der Waals surface area contributed by atoms with E-state index in [2.05, 4.69) is 4.72 Å². The molecule has 1 aromatic carbocycles. The Hall–Kier alpha value is -1.77. The molecule has 112 valence electrons. The summed E-state index contributed by atoms with van der Waals surface area (Å²) in [5.41, 5.74) is 0.532. The zero-order chi connectivity index (χ0) is 15.6. The monoisotopic (exact) mass is 329 g/mol. The zero-order valence-electron chi connectivity index (χ0n) is 11.0. The highest BCUT2D eigenvalue weighted by Crippen LogP contribution is 2.26.